The minimum Gasteiger partial charge on any atom is -0.493 e. The Morgan fingerprint density at radius 1 is 1.31 bits per heavy atom. The molecule has 0 saturated heterocycles. The van der Waals surface area contributed by atoms with E-state index in [4.69, 9.17) is 9.15 Å². The van der Waals surface area contributed by atoms with Crippen molar-refractivity contribution in [1.29, 1.82) is 0 Å². The minimum atomic E-state index is -0.304. The van der Waals surface area contributed by atoms with E-state index in [9.17, 15) is 4.79 Å². The number of carbonyl (C=O) groups excluding carboxylic acids is 1. The van der Waals surface area contributed by atoms with Crippen molar-refractivity contribution in [2.75, 3.05) is 7.11 Å². The molecule has 3 heterocycles. The SMILES string of the molecule is COc1cccc2cc(C(C)NC(=O)c3cc(-c4cccs4)[nH]n3)oc12. The molecule has 0 aliphatic carbocycles. The van der Waals surface area contributed by atoms with Gasteiger partial charge in [-0.2, -0.15) is 5.10 Å². The number of hydrogen-bond acceptors (Lipinski definition) is 5. The van der Waals surface area contributed by atoms with Crippen LogP contribution in [0.15, 0.2) is 52.3 Å². The number of ether oxygens (including phenoxy) is 1. The van der Waals surface area contributed by atoms with Gasteiger partial charge >= 0.3 is 0 Å². The van der Waals surface area contributed by atoms with E-state index in [1.165, 1.54) is 0 Å². The summed E-state index contributed by atoms with van der Waals surface area (Å²) in [6.07, 6.45) is 0. The standard InChI is InChI=1S/C19H17N3O3S/c1-11(16-9-12-5-3-6-15(24-2)18(12)25-16)20-19(23)14-10-13(21-22-14)17-7-4-8-26-17/h3-11H,1-2H3,(H,20,23)(H,21,22). The summed E-state index contributed by atoms with van der Waals surface area (Å²) in [6, 6.07) is 13.0. The number of hydrogen-bond donors (Lipinski definition) is 2. The van der Waals surface area contributed by atoms with Crippen molar-refractivity contribution in [2.45, 2.75) is 13.0 Å². The third kappa shape index (κ3) is 2.97. The summed E-state index contributed by atoms with van der Waals surface area (Å²) in [6.45, 7) is 1.87. The lowest BCUT2D eigenvalue weighted by atomic mass is 10.2. The predicted molar refractivity (Wildman–Crippen MR) is 101 cm³/mol. The van der Waals surface area contributed by atoms with Crippen LogP contribution in [0.2, 0.25) is 0 Å². The van der Waals surface area contributed by atoms with E-state index in [0.29, 0.717) is 22.8 Å². The topological polar surface area (TPSA) is 80.1 Å². The average Bonchev–Trinajstić information content (AvgIpc) is 3.40. The molecular formula is C19H17N3O3S. The second-order valence-corrected chi connectivity index (χ2v) is 6.81. The van der Waals surface area contributed by atoms with Crippen LogP contribution in [-0.4, -0.2) is 23.2 Å². The van der Waals surface area contributed by atoms with E-state index in [2.05, 4.69) is 15.5 Å². The summed E-state index contributed by atoms with van der Waals surface area (Å²) < 4.78 is 11.2. The number of furan rings is 1. The molecule has 0 saturated carbocycles. The van der Waals surface area contributed by atoms with Gasteiger partial charge in [0.25, 0.3) is 5.91 Å². The maximum Gasteiger partial charge on any atom is 0.272 e. The van der Waals surface area contributed by atoms with Gasteiger partial charge in [-0.25, -0.2) is 0 Å². The fourth-order valence-electron chi connectivity index (χ4n) is 2.77. The highest BCUT2D eigenvalue weighted by atomic mass is 32.1. The first kappa shape index (κ1) is 16.4. The zero-order chi connectivity index (χ0) is 18.1. The van der Waals surface area contributed by atoms with Crippen LogP contribution in [0.5, 0.6) is 5.75 Å². The molecule has 1 unspecified atom stereocenters. The highest BCUT2D eigenvalue weighted by Gasteiger charge is 2.19. The van der Waals surface area contributed by atoms with Gasteiger partial charge in [0.05, 0.1) is 23.7 Å². The van der Waals surface area contributed by atoms with E-state index in [1.54, 1.807) is 24.5 Å². The molecule has 132 valence electrons. The third-order valence-electron chi connectivity index (χ3n) is 4.12. The number of rotatable bonds is 5. The Kier molecular flexibility index (Phi) is 4.22. The van der Waals surface area contributed by atoms with Crippen molar-refractivity contribution in [3.8, 4) is 16.3 Å². The Hall–Kier alpha value is -3.06. The molecule has 0 radical (unpaired) electrons. The van der Waals surface area contributed by atoms with Crippen molar-refractivity contribution in [1.82, 2.24) is 15.5 Å². The molecule has 26 heavy (non-hydrogen) atoms. The Labute approximate surface area is 153 Å². The summed E-state index contributed by atoms with van der Waals surface area (Å²) in [4.78, 5) is 13.5. The first-order chi connectivity index (χ1) is 12.7. The van der Waals surface area contributed by atoms with E-state index in [-0.39, 0.29) is 11.9 Å². The fraction of sp³-hybridized carbons (Fsp3) is 0.158. The Morgan fingerprint density at radius 3 is 2.96 bits per heavy atom. The number of nitrogens with zero attached hydrogens (tertiary/aromatic N) is 1. The highest BCUT2D eigenvalue weighted by Crippen LogP contribution is 2.31. The molecule has 4 rings (SSSR count). The largest absolute Gasteiger partial charge is 0.493 e. The zero-order valence-corrected chi connectivity index (χ0v) is 15.1. The number of nitrogens with one attached hydrogen (secondary N) is 2. The molecule has 0 fully saturated rings. The average molecular weight is 367 g/mol. The number of methoxy groups -OCH3 is 1. The lowest BCUT2D eigenvalue weighted by Gasteiger charge is -2.09. The van der Waals surface area contributed by atoms with Crippen LogP contribution in [-0.2, 0) is 0 Å². The molecule has 2 N–H and O–H groups in total. The highest BCUT2D eigenvalue weighted by molar-refractivity contribution is 7.13. The maximum atomic E-state index is 12.5. The van der Waals surface area contributed by atoms with E-state index in [1.807, 2.05) is 48.7 Å². The van der Waals surface area contributed by atoms with Crippen LogP contribution in [0.25, 0.3) is 21.5 Å². The Bertz CT molecular complexity index is 1050. The van der Waals surface area contributed by atoms with Gasteiger partial charge in [0.1, 0.15) is 5.76 Å². The second kappa shape index (κ2) is 6.68. The zero-order valence-electron chi connectivity index (χ0n) is 14.3. The minimum absolute atomic E-state index is 0.260. The number of H-pyrrole nitrogens is 1. The van der Waals surface area contributed by atoms with Crippen molar-refractivity contribution < 1.29 is 13.9 Å². The number of amides is 1. The van der Waals surface area contributed by atoms with Gasteiger partial charge < -0.3 is 14.5 Å². The van der Waals surface area contributed by atoms with Crippen LogP contribution in [0.4, 0.5) is 0 Å². The van der Waals surface area contributed by atoms with Crippen LogP contribution >= 0.6 is 11.3 Å². The maximum absolute atomic E-state index is 12.5. The molecule has 7 heteroatoms. The first-order valence-corrected chi connectivity index (χ1v) is 9.00. The van der Waals surface area contributed by atoms with Gasteiger partial charge in [0, 0.05) is 5.39 Å². The van der Waals surface area contributed by atoms with Crippen molar-refractivity contribution in [3.05, 3.63) is 59.3 Å². The molecular weight excluding hydrogens is 350 g/mol. The molecule has 1 atom stereocenters. The summed E-state index contributed by atoms with van der Waals surface area (Å²) in [5, 5.41) is 12.8. The van der Waals surface area contributed by atoms with E-state index >= 15 is 0 Å². The molecule has 1 aromatic carbocycles. The Balaban J connectivity index is 1.53. The fourth-order valence-corrected chi connectivity index (χ4v) is 3.46. The summed E-state index contributed by atoms with van der Waals surface area (Å²) >= 11 is 1.59. The first-order valence-electron chi connectivity index (χ1n) is 8.12. The smallest absolute Gasteiger partial charge is 0.272 e. The van der Waals surface area contributed by atoms with Crippen molar-refractivity contribution in [2.24, 2.45) is 0 Å². The molecule has 0 aliphatic heterocycles. The summed E-state index contributed by atoms with van der Waals surface area (Å²) in [5.41, 5.74) is 1.84. The molecule has 0 spiro atoms. The van der Waals surface area contributed by atoms with E-state index in [0.717, 1.165) is 16.0 Å². The number of aromatic amines is 1. The van der Waals surface area contributed by atoms with Crippen molar-refractivity contribution in [3.63, 3.8) is 0 Å². The molecule has 0 bridgehead atoms. The van der Waals surface area contributed by atoms with Gasteiger partial charge in [-0.3, -0.25) is 9.89 Å². The molecule has 1 amide bonds. The van der Waals surface area contributed by atoms with Gasteiger partial charge in [-0.15, -0.1) is 11.3 Å². The van der Waals surface area contributed by atoms with Gasteiger partial charge in [-0.05, 0) is 36.6 Å². The molecule has 0 aliphatic rings. The summed E-state index contributed by atoms with van der Waals surface area (Å²) in [5.74, 6) is 1.07. The van der Waals surface area contributed by atoms with Crippen LogP contribution in [0, 0.1) is 0 Å². The normalized spacial score (nSPS) is 12.2. The summed E-state index contributed by atoms with van der Waals surface area (Å²) in [7, 11) is 1.60. The van der Waals surface area contributed by atoms with Crippen LogP contribution in [0.1, 0.15) is 29.2 Å². The van der Waals surface area contributed by atoms with Crippen LogP contribution < -0.4 is 10.1 Å². The number of fused-ring (bicyclic) bond motifs is 1. The number of carbonyl (C=O) groups is 1. The van der Waals surface area contributed by atoms with Crippen molar-refractivity contribution >= 4 is 28.2 Å². The van der Waals surface area contributed by atoms with Gasteiger partial charge in [0.2, 0.25) is 0 Å². The third-order valence-corrected chi connectivity index (χ3v) is 5.02. The molecule has 3 aromatic heterocycles. The van der Waals surface area contributed by atoms with Gasteiger partial charge in [0.15, 0.2) is 17.0 Å². The lowest BCUT2D eigenvalue weighted by molar-refractivity contribution is 0.0930. The lowest BCUT2D eigenvalue weighted by Crippen LogP contribution is -2.26. The number of aromatic nitrogens is 2. The molecule has 6 nitrogen and oxygen atoms in total. The number of benzene rings is 1. The Morgan fingerprint density at radius 2 is 2.19 bits per heavy atom. The van der Waals surface area contributed by atoms with E-state index < -0.39 is 0 Å². The number of thiophene rings is 1. The quantitative estimate of drug-likeness (QED) is 0.548. The monoisotopic (exact) mass is 367 g/mol. The number of para-hydroxylation sites is 1. The second-order valence-electron chi connectivity index (χ2n) is 5.87. The van der Waals surface area contributed by atoms with Crippen LogP contribution in [0.3, 0.4) is 0 Å². The predicted octanol–water partition coefficient (Wildman–Crippen LogP) is 4.38. The molecule has 4 aromatic rings. The van der Waals surface area contributed by atoms with Gasteiger partial charge in [-0.1, -0.05) is 18.2 Å².